The Kier molecular flexibility index (Phi) is 8.03. The van der Waals surface area contributed by atoms with Crippen LogP contribution in [0.1, 0.15) is 62.9 Å². The number of carbonyl (C=O) groups is 3. The van der Waals surface area contributed by atoms with E-state index in [0.29, 0.717) is 24.3 Å². The summed E-state index contributed by atoms with van der Waals surface area (Å²) in [7, 11) is 0. The molecular weight excluding hydrogens is 623 g/mol. The number of phenols is 1. The monoisotopic (exact) mass is 660 g/mol. The normalized spacial score (nSPS) is 22.4. The summed E-state index contributed by atoms with van der Waals surface area (Å²) in [6.45, 7) is 4.27. The Balaban J connectivity index is 0.933. The molecule has 4 aliphatic heterocycles. The number of piperazine rings is 1. The molecule has 2 saturated heterocycles. The molecule has 9 nitrogen and oxygen atoms in total. The number of rotatable bonds is 6. The Labute approximate surface area is 283 Å². The van der Waals surface area contributed by atoms with Crippen molar-refractivity contribution in [3.8, 4) is 11.5 Å². The van der Waals surface area contributed by atoms with E-state index in [1.807, 2.05) is 12.1 Å². The summed E-state index contributed by atoms with van der Waals surface area (Å²) in [4.78, 5) is 43.1. The third kappa shape index (κ3) is 5.90. The number of hydrogen-bond acceptors (Lipinski definition) is 7. The lowest BCUT2D eigenvalue weighted by atomic mass is 9.76. The standard InChI is InChI=1S/C39H37FN4O5/c40-33-20-31-26(22-44(39(31)48)34-12-13-36(46)41-38(34)47)18-27(33)21-42-14-16-43(17-15-42)28-8-6-25(7-9-28)37-30-11-10-29(45)19-35(30)49-23-32(37)24-4-2-1-3-5-24/h1-11,18-20,32,34,37,45H,12-17,21-23H2,(H,41,46,47)/t32-,34?,37-/m1/s1. The number of nitrogens with zero attached hydrogens (tertiary/aromatic N) is 3. The van der Waals surface area contributed by atoms with E-state index < -0.39 is 17.8 Å². The number of phenolic OH excluding ortho intramolecular Hbond substituents is 1. The first kappa shape index (κ1) is 31.1. The first-order valence-corrected chi connectivity index (χ1v) is 16.9. The molecule has 0 spiro atoms. The van der Waals surface area contributed by atoms with Crippen molar-refractivity contribution in [3.63, 3.8) is 0 Å². The number of imide groups is 1. The number of amides is 3. The molecule has 2 N–H and O–H groups in total. The van der Waals surface area contributed by atoms with Crippen molar-refractivity contribution in [1.29, 1.82) is 0 Å². The molecule has 2 fully saturated rings. The quantitative estimate of drug-likeness (QED) is 0.283. The van der Waals surface area contributed by atoms with E-state index >= 15 is 4.39 Å². The van der Waals surface area contributed by atoms with E-state index in [1.54, 1.807) is 18.2 Å². The van der Waals surface area contributed by atoms with Crippen molar-refractivity contribution >= 4 is 23.4 Å². The van der Waals surface area contributed by atoms with Crippen LogP contribution in [0.25, 0.3) is 0 Å². The summed E-state index contributed by atoms with van der Waals surface area (Å²) in [5.74, 6) is -0.490. The predicted octanol–water partition coefficient (Wildman–Crippen LogP) is 4.92. The summed E-state index contributed by atoms with van der Waals surface area (Å²) in [5.41, 5.74) is 6.13. The lowest BCUT2D eigenvalue weighted by Crippen LogP contribution is -2.52. The number of aromatic hydroxyl groups is 1. The average molecular weight is 661 g/mol. The highest BCUT2D eigenvalue weighted by Crippen LogP contribution is 2.47. The highest BCUT2D eigenvalue weighted by molar-refractivity contribution is 6.05. The van der Waals surface area contributed by atoms with Crippen LogP contribution in [-0.2, 0) is 22.7 Å². The Bertz CT molecular complexity index is 1930. The van der Waals surface area contributed by atoms with Gasteiger partial charge in [0.15, 0.2) is 0 Å². The summed E-state index contributed by atoms with van der Waals surface area (Å²) in [6.07, 6.45) is 0.452. The molecule has 0 aliphatic carbocycles. The highest BCUT2D eigenvalue weighted by Gasteiger charge is 2.40. The van der Waals surface area contributed by atoms with Gasteiger partial charge in [0.25, 0.3) is 5.91 Å². The van der Waals surface area contributed by atoms with Crippen molar-refractivity contribution < 1.29 is 28.6 Å². The fourth-order valence-corrected chi connectivity index (χ4v) is 7.86. The molecule has 3 amide bonds. The second-order valence-electron chi connectivity index (χ2n) is 13.4. The number of halogens is 1. The molecule has 8 rings (SSSR count). The van der Waals surface area contributed by atoms with Crippen molar-refractivity contribution in [3.05, 3.63) is 124 Å². The highest BCUT2D eigenvalue weighted by atomic mass is 19.1. The summed E-state index contributed by atoms with van der Waals surface area (Å²) in [5, 5.41) is 12.4. The number of ether oxygens (including phenoxy) is 1. The molecule has 10 heteroatoms. The fraction of sp³-hybridized carbons (Fsp3) is 0.308. The fourth-order valence-electron chi connectivity index (χ4n) is 7.86. The number of fused-ring (bicyclic) bond motifs is 2. The molecule has 0 radical (unpaired) electrons. The van der Waals surface area contributed by atoms with Gasteiger partial charge in [0.2, 0.25) is 11.8 Å². The van der Waals surface area contributed by atoms with Gasteiger partial charge in [0.1, 0.15) is 23.4 Å². The van der Waals surface area contributed by atoms with Gasteiger partial charge in [-0.25, -0.2) is 4.39 Å². The third-order valence-corrected chi connectivity index (χ3v) is 10.5. The van der Waals surface area contributed by atoms with E-state index in [0.717, 1.165) is 43.2 Å². The van der Waals surface area contributed by atoms with Gasteiger partial charge in [-0.3, -0.25) is 24.6 Å². The van der Waals surface area contributed by atoms with Crippen LogP contribution in [0, 0.1) is 5.82 Å². The lowest BCUT2D eigenvalue weighted by molar-refractivity contribution is -0.136. The molecule has 3 atom stereocenters. The SMILES string of the molecule is O=C1CCC(N2Cc3cc(CN4CCN(c5ccc([C@@H]6c7ccc(O)cc7OC[C@@H]6c6ccccc6)cc5)CC4)c(F)cc3C2=O)C(=O)N1. The molecule has 0 bridgehead atoms. The van der Waals surface area contributed by atoms with Gasteiger partial charge in [0, 0.05) is 86.0 Å². The molecule has 4 aromatic carbocycles. The van der Waals surface area contributed by atoms with Crippen LogP contribution in [0.5, 0.6) is 11.5 Å². The van der Waals surface area contributed by atoms with E-state index in [2.05, 4.69) is 63.6 Å². The Morgan fingerprint density at radius 3 is 2.41 bits per heavy atom. The molecule has 49 heavy (non-hydrogen) atoms. The maximum absolute atomic E-state index is 15.3. The van der Waals surface area contributed by atoms with Gasteiger partial charge in [0.05, 0.1) is 6.61 Å². The van der Waals surface area contributed by atoms with Crippen molar-refractivity contribution in [1.82, 2.24) is 15.1 Å². The van der Waals surface area contributed by atoms with Gasteiger partial charge in [-0.1, -0.05) is 48.5 Å². The topological polar surface area (TPSA) is 102 Å². The first-order chi connectivity index (χ1) is 23.8. The number of nitrogens with one attached hydrogen (secondary N) is 1. The van der Waals surface area contributed by atoms with Crippen LogP contribution < -0.4 is 15.0 Å². The minimum atomic E-state index is -0.724. The minimum Gasteiger partial charge on any atom is -0.508 e. The number of piperidine rings is 1. The molecule has 250 valence electrons. The third-order valence-electron chi connectivity index (χ3n) is 10.5. The van der Waals surface area contributed by atoms with Crippen molar-refractivity contribution in [2.24, 2.45) is 0 Å². The van der Waals surface area contributed by atoms with Gasteiger partial charge in [-0.05, 0) is 53.4 Å². The molecular formula is C39H37FN4O5. The van der Waals surface area contributed by atoms with E-state index in [1.165, 1.54) is 22.1 Å². The predicted molar refractivity (Wildman–Crippen MR) is 181 cm³/mol. The van der Waals surface area contributed by atoms with Crippen molar-refractivity contribution in [2.45, 2.75) is 43.8 Å². The number of anilines is 1. The van der Waals surface area contributed by atoms with Gasteiger partial charge in [-0.2, -0.15) is 0 Å². The number of carbonyl (C=O) groups excluding carboxylic acids is 3. The second kappa shape index (κ2) is 12.7. The molecule has 0 saturated carbocycles. The number of benzene rings is 4. The summed E-state index contributed by atoms with van der Waals surface area (Å²) >= 11 is 0. The number of hydrogen-bond donors (Lipinski definition) is 2. The first-order valence-electron chi connectivity index (χ1n) is 16.9. The molecule has 4 aliphatic rings. The van der Waals surface area contributed by atoms with Gasteiger partial charge >= 0.3 is 0 Å². The minimum absolute atomic E-state index is 0.0752. The zero-order valence-corrected chi connectivity index (χ0v) is 27.0. The van der Waals surface area contributed by atoms with Crippen LogP contribution in [0.4, 0.5) is 10.1 Å². The van der Waals surface area contributed by atoms with Crippen LogP contribution >= 0.6 is 0 Å². The zero-order chi connectivity index (χ0) is 33.6. The largest absolute Gasteiger partial charge is 0.508 e. The second-order valence-corrected chi connectivity index (χ2v) is 13.4. The van der Waals surface area contributed by atoms with E-state index in [-0.39, 0.29) is 54.3 Å². The Morgan fingerprint density at radius 1 is 0.878 bits per heavy atom. The lowest BCUT2D eigenvalue weighted by Gasteiger charge is -2.37. The maximum atomic E-state index is 15.3. The van der Waals surface area contributed by atoms with Crippen LogP contribution in [0.15, 0.2) is 84.9 Å². The molecule has 4 aromatic rings. The summed E-state index contributed by atoms with van der Waals surface area (Å²) < 4.78 is 21.4. The molecule has 1 unspecified atom stereocenters. The van der Waals surface area contributed by atoms with Crippen molar-refractivity contribution in [2.75, 3.05) is 37.7 Å². The smallest absolute Gasteiger partial charge is 0.255 e. The average Bonchev–Trinajstić information content (AvgIpc) is 3.42. The Morgan fingerprint density at radius 2 is 1.65 bits per heavy atom. The van der Waals surface area contributed by atoms with Gasteiger partial charge < -0.3 is 19.6 Å². The van der Waals surface area contributed by atoms with Crippen LogP contribution in [-0.4, -0.2) is 71.5 Å². The van der Waals surface area contributed by atoms with E-state index in [9.17, 15) is 19.5 Å². The molecule has 4 heterocycles. The van der Waals surface area contributed by atoms with E-state index in [4.69, 9.17) is 4.74 Å². The maximum Gasteiger partial charge on any atom is 0.255 e. The summed E-state index contributed by atoms with van der Waals surface area (Å²) in [6, 6.07) is 26.9. The Hall–Kier alpha value is -5.22. The van der Waals surface area contributed by atoms with Crippen LogP contribution in [0.3, 0.4) is 0 Å². The van der Waals surface area contributed by atoms with Gasteiger partial charge in [-0.15, -0.1) is 0 Å². The zero-order valence-electron chi connectivity index (χ0n) is 27.0. The van der Waals surface area contributed by atoms with Crippen LogP contribution in [0.2, 0.25) is 0 Å². The molecule has 0 aromatic heterocycles.